The molecule has 3 N–H and O–H groups in total. The lowest BCUT2D eigenvalue weighted by atomic mass is 9.94. The quantitative estimate of drug-likeness (QED) is 0.266. The molecule has 0 fully saturated rings. The maximum atomic E-state index is 14.4. The third kappa shape index (κ3) is 4.16. The van der Waals surface area contributed by atoms with Crippen LogP contribution in [0.1, 0.15) is 27.7 Å². The monoisotopic (exact) mass is 528 g/mol. The first-order valence-corrected chi connectivity index (χ1v) is 13.5. The first kappa shape index (κ1) is 23.3. The number of nitrogens with zero attached hydrogens (tertiary/aromatic N) is 3. The van der Waals surface area contributed by atoms with Gasteiger partial charge in [-0.25, -0.2) is 20.4 Å². The molecule has 39 heavy (non-hydrogen) atoms. The maximum Gasteiger partial charge on any atom is 0.278 e. The smallest absolute Gasteiger partial charge is 0.278 e. The number of amides is 1. The summed E-state index contributed by atoms with van der Waals surface area (Å²) < 4.78 is 1.03. The van der Waals surface area contributed by atoms with Gasteiger partial charge in [0.05, 0.1) is 26.8 Å². The van der Waals surface area contributed by atoms with E-state index in [9.17, 15) is 4.79 Å². The Labute approximate surface area is 229 Å². The van der Waals surface area contributed by atoms with Gasteiger partial charge >= 0.3 is 0 Å². The van der Waals surface area contributed by atoms with Gasteiger partial charge in [0.1, 0.15) is 17.5 Å². The van der Waals surface area contributed by atoms with Gasteiger partial charge in [-0.2, -0.15) is 0 Å². The van der Waals surface area contributed by atoms with E-state index in [1.54, 1.807) is 22.5 Å². The zero-order valence-corrected chi connectivity index (χ0v) is 21.9. The van der Waals surface area contributed by atoms with Crippen LogP contribution in [0.2, 0.25) is 0 Å². The van der Waals surface area contributed by atoms with Crippen LogP contribution in [0, 0.1) is 6.92 Å². The number of hydrazine groups is 1. The third-order valence-electron chi connectivity index (χ3n) is 6.86. The Balaban J connectivity index is 1.41. The second-order valence-electron chi connectivity index (χ2n) is 9.37. The number of rotatable bonds is 5. The molecule has 0 bridgehead atoms. The minimum Gasteiger partial charge on any atom is -0.326 e. The molecule has 7 nitrogen and oxygen atoms in total. The molecule has 0 radical (unpaired) electrons. The van der Waals surface area contributed by atoms with E-state index in [1.165, 1.54) is 0 Å². The Hall–Kier alpha value is -4.79. The average Bonchev–Trinajstić information content (AvgIpc) is 3.54. The zero-order chi connectivity index (χ0) is 26.3. The number of fused-ring (bicyclic) bond motifs is 2. The molecule has 3 aromatic carbocycles. The van der Waals surface area contributed by atoms with Crippen molar-refractivity contribution in [1.82, 2.24) is 25.7 Å². The number of aromatic nitrogens is 2. The molecule has 0 aliphatic carbocycles. The molecule has 1 atom stereocenters. The van der Waals surface area contributed by atoms with Gasteiger partial charge < -0.3 is 10.6 Å². The predicted molar refractivity (Wildman–Crippen MR) is 155 cm³/mol. The van der Waals surface area contributed by atoms with Gasteiger partial charge in [0.15, 0.2) is 0 Å². The topological polar surface area (TPSA) is 82.2 Å². The second-order valence-corrected chi connectivity index (χ2v) is 10.6. The molecule has 1 unspecified atom stereocenters. The van der Waals surface area contributed by atoms with Gasteiger partial charge in [-0.1, -0.05) is 72.8 Å². The van der Waals surface area contributed by atoms with Crippen molar-refractivity contribution in [3.8, 4) is 0 Å². The van der Waals surface area contributed by atoms with Crippen molar-refractivity contribution in [1.29, 1.82) is 0 Å². The summed E-state index contributed by atoms with van der Waals surface area (Å²) in [5.74, 6) is 1.75. The molecule has 2 aliphatic heterocycles. The molecule has 8 heteroatoms. The van der Waals surface area contributed by atoms with Crippen molar-refractivity contribution in [2.45, 2.75) is 13.0 Å². The fraction of sp³-hybridized carbons (Fsp3) is 0.0645. The van der Waals surface area contributed by atoms with Gasteiger partial charge in [0, 0.05) is 11.8 Å². The van der Waals surface area contributed by atoms with Crippen LogP contribution in [0.4, 0.5) is 5.82 Å². The van der Waals surface area contributed by atoms with Gasteiger partial charge in [0.25, 0.3) is 5.91 Å². The highest BCUT2D eigenvalue weighted by atomic mass is 32.1. The Morgan fingerprint density at radius 3 is 2.44 bits per heavy atom. The highest BCUT2D eigenvalue weighted by Crippen LogP contribution is 2.42. The standard InChI is InChI=1S/C31H24N6OS/c1-19-33-23-16-15-22(18-24(23)39-19)27-29(34-25-14-8-9-17-32-25)35-30-26(20-10-4-2-5-11-20)28(36-37(30)31(27)38)21-12-6-3-7-13-21/h2-18,28,35-36H,1H3,(H,32,34). The van der Waals surface area contributed by atoms with E-state index in [-0.39, 0.29) is 11.9 Å². The van der Waals surface area contributed by atoms with Crippen LogP contribution in [-0.2, 0) is 4.79 Å². The molecule has 2 aromatic heterocycles. The molecular formula is C31H24N6OS. The van der Waals surface area contributed by atoms with Crippen LogP contribution < -0.4 is 16.1 Å². The van der Waals surface area contributed by atoms with Crippen molar-refractivity contribution in [2.24, 2.45) is 0 Å². The number of anilines is 1. The molecular weight excluding hydrogens is 504 g/mol. The highest BCUT2D eigenvalue weighted by Gasteiger charge is 2.42. The van der Waals surface area contributed by atoms with Crippen molar-refractivity contribution >= 4 is 44.4 Å². The van der Waals surface area contributed by atoms with Gasteiger partial charge in [-0.15, -0.1) is 11.3 Å². The highest BCUT2D eigenvalue weighted by molar-refractivity contribution is 7.18. The zero-order valence-electron chi connectivity index (χ0n) is 21.1. The molecule has 190 valence electrons. The summed E-state index contributed by atoms with van der Waals surface area (Å²) in [7, 11) is 0. The number of aryl methyl sites for hydroxylation is 1. The Bertz CT molecular complexity index is 1760. The third-order valence-corrected chi connectivity index (χ3v) is 7.79. The molecule has 0 saturated heterocycles. The van der Waals surface area contributed by atoms with Gasteiger partial charge in [-0.3, -0.25) is 4.79 Å². The van der Waals surface area contributed by atoms with Crippen LogP contribution in [0.3, 0.4) is 0 Å². The van der Waals surface area contributed by atoms with Crippen LogP contribution in [0.25, 0.3) is 21.4 Å². The van der Waals surface area contributed by atoms with E-state index >= 15 is 0 Å². The van der Waals surface area contributed by atoms with E-state index in [0.717, 1.165) is 37.5 Å². The van der Waals surface area contributed by atoms with Crippen LogP contribution in [-0.4, -0.2) is 20.9 Å². The SMILES string of the molecule is Cc1nc2ccc(C3=C(Nc4ccccn4)NC4=C(c5ccccc5)C(c5ccccc5)NN4C3=O)cc2s1. The van der Waals surface area contributed by atoms with Crippen LogP contribution >= 0.6 is 11.3 Å². The first-order chi connectivity index (χ1) is 19.2. The van der Waals surface area contributed by atoms with Gasteiger partial charge in [0.2, 0.25) is 0 Å². The number of hydrogen-bond acceptors (Lipinski definition) is 7. The number of benzene rings is 3. The predicted octanol–water partition coefficient (Wildman–Crippen LogP) is 5.84. The van der Waals surface area contributed by atoms with E-state index < -0.39 is 0 Å². The van der Waals surface area contributed by atoms with Crippen molar-refractivity contribution in [3.63, 3.8) is 0 Å². The Kier molecular flexibility index (Phi) is 5.69. The fourth-order valence-corrected chi connectivity index (χ4v) is 5.99. The number of thiazole rings is 1. The summed E-state index contributed by atoms with van der Waals surface area (Å²) in [5.41, 5.74) is 8.82. The van der Waals surface area contributed by atoms with Crippen molar-refractivity contribution in [2.75, 3.05) is 5.32 Å². The largest absolute Gasteiger partial charge is 0.326 e. The Morgan fingerprint density at radius 2 is 1.67 bits per heavy atom. The van der Waals surface area contributed by atoms with E-state index in [0.29, 0.717) is 23.0 Å². The normalized spacial score (nSPS) is 17.0. The lowest BCUT2D eigenvalue weighted by Crippen LogP contribution is -2.47. The van der Waals surface area contributed by atoms with Crippen molar-refractivity contribution in [3.05, 3.63) is 137 Å². The van der Waals surface area contributed by atoms with E-state index in [4.69, 9.17) is 0 Å². The number of hydrogen-bond donors (Lipinski definition) is 3. The number of carbonyl (C=O) groups excluding carboxylic acids is 1. The molecule has 0 saturated carbocycles. The molecule has 5 aromatic rings. The van der Waals surface area contributed by atoms with Crippen LogP contribution in [0.15, 0.2) is 115 Å². The lowest BCUT2D eigenvalue weighted by molar-refractivity contribution is -0.126. The summed E-state index contributed by atoms with van der Waals surface area (Å²) in [5, 5.41) is 9.60. The minimum absolute atomic E-state index is 0.158. The number of nitrogens with one attached hydrogen (secondary N) is 3. The summed E-state index contributed by atoms with van der Waals surface area (Å²) >= 11 is 1.61. The Morgan fingerprint density at radius 1 is 0.897 bits per heavy atom. The molecule has 2 aliphatic rings. The maximum absolute atomic E-state index is 14.4. The lowest BCUT2D eigenvalue weighted by Gasteiger charge is -2.31. The molecule has 1 amide bonds. The molecule has 0 spiro atoms. The second kappa shape index (κ2) is 9.50. The summed E-state index contributed by atoms with van der Waals surface area (Å²) in [4.78, 5) is 23.4. The summed E-state index contributed by atoms with van der Waals surface area (Å²) in [6.45, 7) is 1.99. The summed E-state index contributed by atoms with van der Waals surface area (Å²) in [6, 6.07) is 31.7. The van der Waals surface area contributed by atoms with E-state index in [1.807, 2.05) is 79.7 Å². The molecule has 7 rings (SSSR count). The molecule has 4 heterocycles. The number of pyridine rings is 1. The first-order valence-electron chi connectivity index (χ1n) is 12.7. The summed E-state index contributed by atoms with van der Waals surface area (Å²) in [6.07, 6.45) is 1.73. The average molecular weight is 529 g/mol. The van der Waals surface area contributed by atoms with Crippen LogP contribution in [0.5, 0.6) is 0 Å². The minimum atomic E-state index is -0.220. The van der Waals surface area contributed by atoms with Crippen molar-refractivity contribution < 1.29 is 4.79 Å². The fourth-order valence-electron chi connectivity index (χ4n) is 5.13. The number of carbonyl (C=O) groups is 1. The van der Waals surface area contributed by atoms with E-state index in [2.05, 4.69) is 50.3 Å². The van der Waals surface area contributed by atoms with Gasteiger partial charge in [-0.05, 0) is 47.9 Å².